The molecule has 1 rings (SSSR count). The van der Waals surface area contributed by atoms with Gasteiger partial charge in [-0.25, -0.2) is 9.59 Å². The van der Waals surface area contributed by atoms with E-state index in [1.807, 2.05) is 6.92 Å². The van der Waals surface area contributed by atoms with Gasteiger partial charge in [-0.15, -0.1) is 0 Å². The first-order chi connectivity index (χ1) is 8.95. The van der Waals surface area contributed by atoms with Gasteiger partial charge >= 0.3 is 12.0 Å². The summed E-state index contributed by atoms with van der Waals surface area (Å²) in [6.45, 7) is 3.84. The van der Waals surface area contributed by atoms with E-state index in [2.05, 4.69) is 10.6 Å². The number of aromatic carboxylic acids is 1. The molecule has 0 bridgehead atoms. The Morgan fingerprint density at radius 3 is 2.68 bits per heavy atom. The SMILES string of the molecule is COC(C)CNC(=O)Nc1cccc(C)c1C(=O)O. The number of hydrogen-bond acceptors (Lipinski definition) is 3. The molecule has 2 amide bonds. The monoisotopic (exact) mass is 266 g/mol. The van der Waals surface area contributed by atoms with Gasteiger partial charge in [-0.2, -0.15) is 0 Å². The predicted octanol–water partition coefficient (Wildman–Crippen LogP) is 1.85. The van der Waals surface area contributed by atoms with Gasteiger partial charge in [0.2, 0.25) is 0 Å². The van der Waals surface area contributed by atoms with Crippen LogP contribution in [-0.2, 0) is 4.74 Å². The van der Waals surface area contributed by atoms with Crippen molar-refractivity contribution in [2.24, 2.45) is 0 Å². The number of benzene rings is 1. The largest absolute Gasteiger partial charge is 0.478 e. The quantitative estimate of drug-likeness (QED) is 0.759. The van der Waals surface area contributed by atoms with E-state index in [0.29, 0.717) is 12.1 Å². The van der Waals surface area contributed by atoms with Gasteiger partial charge < -0.3 is 20.5 Å². The summed E-state index contributed by atoms with van der Waals surface area (Å²) in [6.07, 6.45) is -0.109. The van der Waals surface area contributed by atoms with Crippen molar-refractivity contribution in [2.75, 3.05) is 19.0 Å². The number of carboxylic acid groups (broad SMARTS) is 1. The highest BCUT2D eigenvalue weighted by Crippen LogP contribution is 2.19. The Morgan fingerprint density at radius 1 is 1.42 bits per heavy atom. The number of anilines is 1. The maximum absolute atomic E-state index is 11.6. The fourth-order valence-corrected chi connectivity index (χ4v) is 1.54. The zero-order chi connectivity index (χ0) is 14.4. The molecular formula is C13H18N2O4. The molecule has 0 aromatic heterocycles. The zero-order valence-corrected chi connectivity index (χ0v) is 11.2. The normalized spacial score (nSPS) is 11.7. The smallest absolute Gasteiger partial charge is 0.338 e. The van der Waals surface area contributed by atoms with E-state index in [1.54, 1.807) is 32.2 Å². The van der Waals surface area contributed by atoms with E-state index in [4.69, 9.17) is 9.84 Å². The van der Waals surface area contributed by atoms with Gasteiger partial charge in [0.05, 0.1) is 17.4 Å². The minimum Gasteiger partial charge on any atom is -0.478 e. The van der Waals surface area contributed by atoms with E-state index in [0.717, 1.165) is 0 Å². The van der Waals surface area contributed by atoms with Crippen molar-refractivity contribution in [3.05, 3.63) is 29.3 Å². The van der Waals surface area contributed by atoms with E-state index >= 15 is 0 Å². The van der Waals surface area contributed by atoms with Gasteiger partial charge in [0.25, 0.3) is 0 Å². The van der Waals surface area contributed by atoms with Gasteiger partial charge in [-0.3, -0.25) is 0 Å². The minimum atomic E-state index is -1.07. The van der Waals surface area contributed by atoms with Crippen molar-refractivity contribution in [3.8, 4) is 0 Å². The molecule has 19 heavy (non-hydrogen) atoms. The molecule has 0 saturated carbocycles. The number of urea groups is 1. The molecule has 0 saturated heterocycles. The molecule has 0 aliphatic rings. The average Bonchev–Trinajstić information content (AvgIpc) is 2.35. The summed E-state index contributed by atoms with van der Waals surface area (Å²) in [5, 5.41) is 14.2. The summed E-state index contributed by atoms with van der Waals surface area (Å²) in [5.74, 6) is -1.07. The molecule has 1 aromatic rings. The van der Waals surface area contributed by atoms with Gasteiger partial charge in [-0.05, 0) is 25.5 Å². The van der Waals surface area contributed by atoms with Crippen LogP contribution in [0.15, 0.2) is 18.2 Å². The Morgan fingerprint density at radius 2 is 2.11 bits per heavy atom. The lowest BCUT2D eigenvalue weighted by Gasteiger charge is -2.13. The fraction of sp³-hybridized carbons (Fsp3) is 0.385. The molecule has 1 atom stereocenters. The van der Waals surface area contributed by atoms with Crippen LogP contribution in [0.1, 0.15) is 22.8 Å². The highest BCUT2D eigenvalue weighted by atomic mass is 16.5. The van der Waals surface area contributed by atoms with E-state index in [1.165, 1.54) is 0 Å². The topological polar surface area (TPSA) is 87.7 Å². The lowest BCUT2D eigenvalue weighted by molar-refractivity contribution is 0.0697. The number of methoxy groups -OCH3 is 1. The van der Waals surface area contributed by atoms with Crippen molar-refractivity contribution in [1.29, 1.82) is 0 Å². The third-order valence-electron chi connectivity index (χ3n) is 2.69. The van der Waals surface area contributed by atoms with Crippen molar-refractivity contribution in [2.45, 2.75) is 20.0 Å². The molecule has 0 aliphatic carbocycles. The van der Waals surface area contributed by atoms with Crippen LogP contribution in [0.25, 0.3) is 0 Å². The lowest BCUT2D eigenvalue weighted by Crippen LogP contribution is -2.35. The van der Waals surface area contributed by atoms with Crippen LogP contribution in [-0.4, -0.2) is 36.9 Å². The summed E-state index contributed by atoms with van der Waals surface area (Å²) in [4.78, 5) is 22.8. The number of carbonyl (C=O) groups excluding carboxylic acids is 1. The number of rotatable bonds is 5. The molecule has 0 aliphatic heterocycles. The van der Waals surface area contributed by atoms with Crippen molar-refractivity contribution in [3.63, 3.8) is 0 Å². The first-order valence-electron chi connectivity index (χ1n) is 5.86. The van der Waals surface area contributed by atoms with Crippen molar-refractivity contribution in [1.82, 2.24) is 5.32 Å². The summed E-state index contributed by atoms with van der Waals surface area (Å²) < 4.78 is 5.00. The second kappa shape index (κ2) is 6.75. The highest BCUT2D eigenvalue weighted by Gasteiger charge is 2.14. The summed E-state index contributed by atoms with van der Waals surface area (Å²) in [7, 11) is 1.55. The third kappa shape index (κ3) is 4.26. The Kier molecular flexibility index (Phi) is 5.32. The third-order valence-corrected chi connectivity index (χ3v) is 2.69. The van der Waals surface area contributed by atoms with Crippen LogP contribution in [0.4, 0.5) is 10.5 Å². The molecule has 0 spiro atoms. The highest BCUT2D eigenvalue weighted by molar-refractivity contribution is 6.01. The number of ether oxygens (including phenoxy) is 1. The lowest BCUT2D eigenvalue weighted by atomic mass is 10.1. The molecule has 104 valence electrons. The van der Waals surface area contributed by atoms with Crippen molar-refractivity contribution < 1.29 is 19.4 Å². The van der Waals surface area contributed by atoms with Crippen LogP contribution < -0.4 is 10.6 Å². The van der Waals surface area contributed by atoms with Crippen LogP contribution in [0.3, 0.4) is 0 Å². The second-order valence-corrected chi connectivity index (χ2v) is 4.18. The molecule has 0 heterocycles. The molecule has 0 radical (unpaired) electrons. The van der Waals surface area contributed by atoms with Gasteiger partial charge in [0, 0.05) is 13.7 Å². The first-order valence-corrected chi connectivity index (χ1v) is 5.86. The molecule has 6 nitrogen and oxygen atoms in total. The molecule has 6 heteroatoms. The number of nitrogens with one attached hydrogen (secondary N) is 2. The van der Waals surface area contributed by atoms with E-state index in [9.17, 15) is 9.59 Å². The average molecular weight is 266 g/mol. The zero-order valence-electron chi connectivity index (χ0n) is 11.2. The van der Waals surface area contributed by atoms with Crippen LogP contribution in [0, 0.1) is 6.92 Å². The molecule has 0 fully saturated rings. The van der Waals surface area contributed by atoms with Crippen molar-refractivity contribution >= 4 is 17.7 Å². The number of amides is 2. The maximum atomic E-state index is 11.6. The number of carboxylic acids is 1. The fourth-order valence-electron chi connectivity index (χ4n) is 1.54. The molecule has 1 unspecified atom stereocenters. The maximum Gasteiger partial charge on any atom is 0.338 e. The van der Waals surface area contributed by atoms with Crippen LogP contribution in [0.5, 0.6) is 0 Å². The Balaban J connectivity index is 2.74. The Labute approximate surface area is 111 Å². The predicted molar refractivity (Wildman–Crippen MR) is 71.6 cm³/mol. The van der Waals surface area contributed by atoms with Crippen LogP contribution in [0.2, 0.25) is 0 Å². The Hall–Kier alpha value is -2.08. The van der Waals surface area contributed by atoms with Crippen LogP contribution >= 0.6 is 0 Å². The Bertz CT molecular complexity index is 474. The van der Waals surface area contributed by atoms with E-state index < -0.39 is 12.0 Å². The number of carbonyl (C=O) groups is 2. The standard InChI is InChI=1S/C13H18N2O4/c1-8-5-4-6-10(11(8)12(16)17)15-13(18)14-7-9(2)19-3/h4-6,9H,7H2,1-3H3,(H,16,17)(H2,14,15,18). The summed E-state index contributed by atoms with van der Waals surface area (Å²) >= 11 is 0. The van der Waals surface area contributed by atoms with Gasteiger partial charge in [0.1, 0.15) is 0 Å². The summed E-state index contributed by atoms with van der Waals surface area (Å²) in [6, 6.07) is 4.46. The molecular weight excluding hydrogens is 248 g/mol. The molecule has 1 aromatic carbocycles. The number of aryl methyl sites for hydroxylation is 1. The van der Waals surface area contributed by atoms with Gasteiger partial charge in [-0.1, -0.05) is 12.1 Å². The first kappa shape index (κ1) is 15.0. The summed E-state index contributed by atoms with van der Waals surface area (Å²) in [5.41, 5.74) is 0.961. The minimum absolute atomic E-state index is 0.0949. The second-order valence-electron chi connectivity index (χ2n) is 4.18. The number of hydrogen-bond donors (Lipinski definition) is 3. The van der Waals surface area contributed by atoms with Gasteiger partial charge in [0.15, 0.2) is 0 Å². The van der Waals surface area contributed by atoms with E-state index in [-0.39, 0.29) is 17.4 Å². The molecule has 3 N–H and O–H groups in total.